The van der Waals surface area contributed by atoms with Gasteiger partial charge in [0.25, 0.3) is 0 Å². The van der Waals surface area contributed by atoms with Gasteiger partial charge in [0.05, 0.1) is 6.54 Å². The lowest BCUT2D eigenvalue weighted by Gasteiger charge is -2.30. The molecule has 0 spiro atoms. The maximum atomic E-state index is 12.5. The van der Waals surface area contributed by atoms with Crippen molar-refractivity contribution < 1.29 is 9.32 Å². The van der Waals surface area contributed by atoms with Gasteiger partial charge in [0.15, 0.2) is 0 Å². The van der Waals surface area contributed by atoms with Crippen LogP contribution in [0.5, 0.6) is 0 Å². The number of carbonyl (C=O) groups excluding carboxylic acids is 1. The molecule has 32 heavy (non-hydrogen) atoms. The number of benzene rings is 2. The van der Waals surface area contributed by atoms with Crippen LogP contribution in [0.25, 0.3) is 11.4 Å². The quantitative estimate of drug-likeness (QED) is 0.420. The first-order valence-electron chi connectivity index (χ1n) is 10.9. The lowest BCUT2D eigenvalue weighted by molar-refractivity contribution is -0.126. The predicted octanol–water partition coefficient (Wildman–Crippen LogP) is 5.11. The lowest BCUT2D eigenvalue weighted by Crippen LogP contribution is -2.40. The smallest absolute Gasteiger partial charge is 0.241 e. The number of halogens is 2. The number of aryl methyl sites for hydroxylation is 1. The van der Waals surface area contributed by atoms with Gasteiger partial charge in [-0.25, -0.2) is 0 Å². The first-order chi connectivity index (χ1) is 15.6. The number of nitrogens with zero attached hydrogens (tertiary/aromatic N) is 3. The molecule has 8 heteroatoms. The number of likely N-dealkylation sites (tertiary alicyclic amines) is 1. The van der Waals surface area contributed by atoms with Crippen molar-refractivity contribution in [2.75, 3.05) is 19.6 Å². The molecule has 1 N–H and O–H groups in total. The number of nitrogens with one attached hydrogen (secondary N) is 1. The zero-order valence-corrected chi connectivity index (χ0v) is 20.1. The summed E-state index contributed by atoms with van der Waals surface area (Å²) in [6.07, 6.45) is 3.54. The molecule has 0 aliphatic carbocycles. The Balaban J connectivity index is 1.17. The fourth-order valence-corrected chi connectivity index (χ4v) is 4.27. The van der Waals surface area contributed by atoms with E-state index in [-0.39, 0.29) is 11.8 Å². The average molecular weight is 518 g/mol. The summed E-state index contributed by atoms with van der Waals surface area (Å²) in [5, 5.41) is 7.94. The Morgan fingerprint density at radius 2 is 1.84 bits per heavy atom. The van der Waals surface area contributed by atoms with Gasteiger partial charge in [0, 0.05) is 27.5 Å². The molecule has 0 atom stereocenters. The zero-order valence-electron chi connectivity index (χ0n) is 17.8. The molecule has 2 aromatic carbocycles. The molecular formula is C24H26BrClN4O2. The number of amides is 1. The van der Waals surface area contributed by atoms with Crippen LogP contribution in [0.15, 0.2) is 57.5 Å². The number of aromatic nitrogens is 2. The Morgan fingerprint density at radius 3 is 2.56 bits per heavy atom. The number of carbonyl (C=O) groups is 1. The lowest BCUT2D eigenvalue weighted by atomic mass is 9.96. The summed E-state index contributed by atoms with van der Waals surface area (Å²) in [5.74, 6) is 1.44. The standard InChI is InChI=1S/C24H26BrClN4O2/c25-20-7-5-18(6-8-20)23-28-22(32-29-23)16-30-14-11-19(12-15-30)24(31)27-13-1-2-17-3-9-21(26)10-4-17/h3-10,19H,1-2,11-16H2,(H,27,31). The molecule has 2 heterocycles. The Morgan fingerprint density at radius 1 is 1.12 bits per heavy atom. The predicted molar refractivity (Wildman–Crippen MR) is 128 cm³/mol. The molecular weight excluding hydrogens is 492 g/mol. The molecule has 3 aromatic rings. The maximum absolute atomic E-state index is 12.5. The van der Waals surface area contributed by atoms with Gasteiger partial charge in [-0.3, -0.25) is 9.69 Å². The van der Waals surface area contributed by atoms with Crippen LogP contribution in [0, 0.1) is 5.92 Å². The normalized spacial score (nSPS) is 15.1. The van der Waals surface area contributed by atoms with Crippen molar-refractivity contribution in [3.8, 4) is 11.4 Å². The molecule has 1 aliphatic rings. The molecule has 0 bridgehead atoms. The summed E-state index contributed by atoms with van der Waals surface area (Å²) in [7, 11) is 0. The number of rotatable bonds is 8. The van der Waals surface area contributed by atoms with Crippen LogP contribution in [0.3, 0.4) is 0 Å². The highest BCUT2D eigenvalue weighted by Gasteiger charge is 2.25. The van der Waals surface area contributed by atoms with E-state index in [0.29, 0.717) is 24.8 Å². The van der Waals surface area contributed by atoms with Crippen molar-refractivity contribution in [1.29, 1.82) is 0 Å². The Hall–Kier alpha value is -2.22. The van der Waals surface area contributed by atoms with E-state index in [9.17, 15) is 4.79 Å². The first kappa shape index (κ1) is 23.0. The Kier molecular flexibility index (Phi) is 7.95. The molecule has 1 amide bonds. The Bertz CT molecular complexity index is 1020. The van der Waals surface area contributed by atoms with Gasteiger partial charge in [0.1, 0.15) is 0 Å². The van der Waals surface area contributed by atoms with Crippen molar-refractivity contribution in [1.82, 2.24) is 20.4 Å². The highest BCUT2D eigenvalue weighted by Crippen LogP contribution is 2.22. The first-order valence-corrected chi connectivity index (χ1v) is 12.1. The van der Waals surface area contributed by atoms with E-state index < -0.39 is 0 Å². The monoisotopic (exact) mass is 516 g/mol. The van der Waals surface area contributed by atoms with Crippen molar-refractivity contribution in [2.24, 2.45) is 5.92 Å². The van der Waals surface area contributed by atoms with Crippen LogP contribution in [-0.4, -0.2) is 40.6 Å². The second-order valence-corrected chi connectivity index (χ2v) is 9.44. The van der Waals surface area contributed by atoms with Gasteiger partial charge >= 0.3 is 0 Å². The summed E-state index contributed by atoms with van der Waals surface area (Å²) in [6, 6.07) is 15.7. The third-order valence-corrected chi connectivity index (χ3v) is 6.52. The van der Waals surface area contributed by atoms with Gasteiger partial charge in [-0.1, -0.05) is 44.8 Å². The van der Waals surface area contributed by atoms with Crippen LogP contribution in [0.1, 0.15) is 30.7 Å². The Labute approximate surface area is 201 Å². The SMILES string of the molecule is O=C(NCCCc1ccc(Cl)cc1)C1CCN(Cc2nc(-c3ccc(Br)cc3)no2)CC1. The van der Waals surface area contributed by atoms with E-state index in [0.717, 1.165) is 53.8 Å². The molecule has 4 rings (SSSR count). The van der Waals surface area contributed by atoms with E-state index >= 15 is 0 Å². The summed E-state index contributed by atoms with van der Waals surface area (Å²) in [5.41, 5.74) is 2.16. The minimum Gasteiger partial charge on any atom is -0.356 e. The third-order valence-electron chi connectivity index (χ3n) is 5.74. The van der Waals surface area contributed by atoms with Crippen LogP contribution in [-0.2, 0) is 17.8 Å². The average Bonchev–Trinajstić information content (AvgIpc) is 3.27. The van der Waals surface area contributed by atoms with E-state index in [1.165, 1.54) is 5.56 Å². The van der Waals surface area contributed by atoms with Crippen LogP contribution in [0.2, 0.25) is 5.02 Å². The van der Waals surface area contributed by atoms with E-state index in [4.69, 9.17) is 16.1 Å². The largest absolute Gasteiger partial charge is 0.356 e. The summed E-state index contributed by atoms with van der Waals surface area (Å²) < 4.78 is 6.45. The summed E-state index contributed by atoms with van der Waals surface area (Å²) in [4.78, 5) is 19.3. The molecule has 1 aromatic heterocycles. The van der Waals surface area contributed by atoms with E-state index in [1.54, 1.807) is 0 Å². The number of hydrogen-bond acceptors (Lipinski definition) is 5. The second-order valence-electron chi connectivity index (χ2n) is 8.09. The second kappa shape index (κ2) is 11.1. The summed E-state index contributed by atoms with van der Waals surface area (Å²) >= 11 is 9.34. The number of piperidine rings is 1. The minimum atomic E-state index is 0.0720. The maximum Gasteiger partial charge on any atom is 0.241 e. The fourth-order valence-electron chi connectivity index (χ4n) is 3.88. The highest BCUT2D eigenvalue weighted by molar-refractivity contribution is 9.10. The zero-order chi connectivity index (χ0) is 22.3. The van der Waals surface area contributed by atoms with Crippen LogP contribution >= 0.6 is 27.5 Å². The molecule has 1 fully saturated rings. The molecule has 168 valence electrons. The fraction of sp³-hybridized carbons (Fsp3) is 0.375. The van der Waals surface area contributed by atoms with Crippen LogP contribution in [0.4, 0.5) is 0 Å². The topological polar surface area (TPSA) is 71.3 Å². The van der Waals surface area contributed by atoms with Gasteiger partial charge < -0.3 is 9.84 Å². The van der Waals surface area contributed by atoms with Crippen molar-refractivity contribution in [3.05, 3.63) is 69.5 Å². The minimum absolute atomic E-state index is 0.0720. The van der Waals surface area contributed by atoms with E-state index in [1.807, 2.05) is 48.5 Å². The summed E-state index contributed by atoms with van der Waals surface area (Å²) in [6.45, 7) is 3.00. The van der Waals surface area contributed by atoms with Crippen molar-refractivity contribution in [2.45, 2.75) is 32.2 Å². The molecule has 0 unspecified atom stereocenters. The third kappa shape index (κ3) is 6.40. The number of hydrogen-bond donors (Lipinski definition) is 1. The molecule has 0 saturated carbocycles. The van der Waals surface area contributed by atoms with Crippen molar-refractivity contribution in [3.63, 3.8) is 0 Å². The molecule has 6 nitrogen and oxygen atoms in total. The highest BCUT2D eigenvalue weighted by atomic mass is 79.9. The molecule has 1 aliphatic heterocycles. The van der Waals surface area contributed by atoms with Gasteiger partial charge in [-0.15, -0.1) is 0 Å². The van der Waals surface area contributed by atoms with Gasteiger partial charge in [-0.2, -0.15) is 4.98 Å². The van der Waals surface area contributed by atoms with E-state index in [2.05, 4.69) is 36.3 Å². The van der Waals surface area contributed by atoms with Gasteiger partial charge in [0.2, 0.25) is 17.6 Å². The molecule has 0 radical (unpaired) electrons. The van der Waals surface area contributed by atoms with Crippen molar-refractivity contribution >= 4 is 33.4 Å². The van der Waals surface area contributed by atoms with Gasteiger partial charge in [-0.05, 0) is 80.7 Å². The van der Waals surface area contributed by atoms with Crippen LogP contribution < -0.4 is 5.32 Å². The molecule has 1 saturated heterocycles.